The standard InChI is InChI=1S/C17H25N3O/c21-17(15-8-9-18-12-15)19-16-6-4-14(5-7-16)13-20-10-2-1-3-11-20/h4-7,15,18H,1-3,8-13H2,(H,19,21). The first-order chi connectivity index (χ1) is 10.3. The lowest BCUT2D eigenvalue weighted by atomic mass is 10.1. The summed E-state index contributed by atoms with van der Waals surface area (Å²) in [6, 6.07) is 8.33. The molecule has 0 spiro atoms. The summed E-state index contributed by atoms with van der Waals surface area (Å²) in [6.07, 6.45) is 4.96. The third kappa shape index (κ3) is 4.05. The van der Waals surface area contributed by atoms with E-state index in [-0.39, 0.29) is 11.8 Å². The van der Waals surface area contributed by atoms with Crippen LogP contribution in [0.2, 0.25) is 0 Å². The SMILES string of the molecule is O=C(Nc1ccc(CN2CCCCC2)cc1)C1CCNC1. The van der Waals surface area contributed by atoms with Crippen molar-refractivity contribution in [3.05, 3.63) is 29.8 Å². The van der Waals surface area contributed by atoms with Crippen molar-refractivity contribution >= 4 is 11.6 Å². The Balaban J connectivity index is 1.52. The van der Waals surface area contributed by atoms with E-state index in [4.69, 9.17) is 0 Å². The Morgan fingerprint density at radius 2 is 1.95 bits per heavy atom. The summed E-state index contributed by atoms with van der Waals surface area (Å²) in [5.41, 5.74) is 2.24. The molecular formula is C17H25N3O. The van der Waals surface area contributed by atoms with Gasteiger partial charge < -0.3 is 10.6 Å². The number of nitrogens with one attached hydrogen (secondary N) is 2. The molecule has 1 atom stereocenters. The Morgan fingerprint density at radius 1 is 1.19 bits per heavy atom. The van der Waals surface area contributed by atoms with E-state index >= 15 is 0 Å². The number of nitrogens with zero attached hydrogens (tertiary/aromatic N) is 1. The van der Waals surface area contributed by atoms with E-state index < -0.39 is 0 Å². The molecule has 2 N–H and O–H groups in total. The lowest BCUT2D eigenvalue weighted by Gasteiger charge is -2.26. The molecule has 1 unspecified atom stereocenters. The molecule has 0 aromatic heterocycles. The van der Waals surface area contributed by atoms with Gasteiger partial charge in [-0.25, -0.2) is 0 Å². The number of carbonyl (C=O) groups excluding carboxylic acids is 1. The molecule has 0 aliphatic carbocycles. The number of hydrogen-bond donors (Lipinski definition) is 2. The first-order valence-electron chi connectivity index (χ1n) is 8.14. The van der Waals surface area contributed by atoms with E-state index in [1.165, 1.54) is 37.9 Å². The Labute approximate surface area is 126 Å². The van der Waals surface area contributed by atoms with E-state index in [9.17, 15) is 4.79 Å². The molecule has 2 aliphatic rings. The summed E-state index contributed by atoms with van der Waals surface area (Å²) in [5, 5.41) is 6.25. The summed E-state index contributed by atoms with van der Waals surface area (Å²) < 4.78 is 0. The van der Waals surface area contributed by atoms with Crippen molar-refractivity contribution in [1.82, 2.24) is 10.2 Å². The van der Waals surface area contributed by atoms with E-state index in [2.05, 4.69) is 27.7 Å². The molecule has 2 aliphatic heterocycles. The van der Waals surface area contributed by atoms with Crippen LogP contribution in [0, 0.1) is 5.92 Å². The number of hydrogen-bond acceptors (Lipinski definition) is 3. The molecule has 0 saturated carbocycles. The summed E-state index contributed by atoms with van der Waals surface area (Å²) in [4.78, 5) is 14.6. The smallest absolute Gasteiger partial charge is 0.228 e. The van der Waals surface area contributed by atoms with Crippen molar-refractivity contribution < 1.29 is 4.79 Å². The van der Waals surface area contributed by atoms with Crippen molar-refractivity contribution in [1.29, 1.82) is 0 Å². The van der Waals surface area contributed by atoms with E-state index in [1.54, 1.807) is 0 Å². The number of benzene rings is 1. The van der Waals surface area contributed by atoms with Crippen molar-refractivity contribution in [3.63, 3.8) is 0 Å². The van der Waals surface area contributed by atoms with Crippen LogP contribution in [0.15, 0.2) is 24.3 Å². The molecule has 4 heteroatoms. The van der Waals surface area contributed by atoms with Crippen LogP contribution in [0.4, 0.5) is 5.69 Å². The van der Waals surface area contributed by atoms with Gasteiger partial charge in [0.25, 0.3) is 0 Å². The fourth-order valence-corrected chi connectivity index (χ4v) is 3.19. The van der Waals surface area contributed by atoms with Gasteiger partial charge in [-0.3, -0.25) is 9.69 Å². The van der Waals surface area contributed by atoms with Gasteiger partial charge in [-0.15, -0.1) is 0 Å². The Kier molecular flexibility index (Phi) is 4.88. The van der Waals surface area contributed by atoms with E-state index in [0.717, 1.165) is 31.7 Å². The Hall–Kier alpha value is -1.39. The average Bonchev–Trinajstić information content (AvgIpc) is 3.05. The maximum absolute atomic E-state index is 12.1. The second-order valence-corrected chi connectivity index (χ2v) is 6.21. The van der Waals surface area contributed by atoms with Gasteiger partial charge in [-0.2, -0.15) is 0 Å². The van der Waals surface area contributed by atoms with E-state index in [0.29, 0.717) is 0 Å². The van der Waals surface area contributed by atoms with Crippen LogP contribution in [0.5, 0.6) is 0 Å². The van der Waals surface area contributed by atoms with Gasteiger partial charge in [0.2, 0.25) is 5.91 Å². The molecule has 1 aromatic carbocycles. The predicted octanol–water partition coefficient (Wildman–Crippen LogP) is 2.22. The highest BCUT2D eigenvalue weighted by atomic mass is 16.1. The highest BCUT2D eigenvalue weighted by Crippen LogP contribution is 2.17. The minimum absolute atomic E-state index is 0.123. The second-order valence-electron chi connectivity index (χ2n) is 6.21. The minimum atomic E-state index is 0.123. The van der Waals surface area contributed by atoms with E-state index in [1.807, 2.05) is 12.1 Å². The zero-order valence-electron chi connectivity index (χ0n) is 12.6. The molecular weight excluding hydrogens is 262 g/mol. The lowest BCUT2D eigenvalue weighted by molar-refractivity contribution is -0.119. The molecule has 2 heterocycles. The zero-order valence-corrected chi connectivity index (χ0v) is 12.6. The summed E-state index contributed by atoms with van der Waals surface area (Å²) in [5.74, 6) is 0.266. The quantitative estimate of drug-likeness (QED) is 0.892. The molecule has 114 valence electrons. The monoisotopic (exact) mass is 287 g/mol. The normalized spacial score (nSPS) is 23.1. The molecule has 21 heavy (non-hydrogen) atoms. The highest BCUT2D eigenvalue weighted by molar-refractivity contribution is 5.92. The van der Waals surface area contributed by atoms with Gasteiger partial charge in [-0.05, 0) is 56.6 Å². The van der Waals surface area contributed by atoms with Crippen LogP contribution < -0.4 is 10.6 Å². The molecule has 1 amide bonds. The van der Waals surface area contributed by atoms with Gasteiger partial charge >= 0.3 is 0 Å². The molecule has 0 bridgehead atoms. The van der Waals surface area contributed by atoms with Gasteiger partial charge in [0, 0.05) is 18.8 Å². The maximum Gasteiger partial charge on any atom is 0.228 e. The average molecular weight is 287 g/mol. The fraction of sp³-hybridized carbons (Fsp3) is 0.588. The van der Waals surface area contributed by atoms with Crippen LogP contribution in [-0.2, 0) is 11.3 Å². The number of anilines is 1. The topological polar surface area (TPSA) is 44.4 Å². The van der Waals surface area contributed by atoms with Crippen molar-refractivity contribution in [3.8, 4) is 0 Å². The van der Waals surface area contributed by atoms with Crippen LogP contribution in [0.1, 0.15) is 31.2 Å². The maximum atomic E-state index is 12.1. The summed E-state index contributed by atoms with van der Waals surface area (Å²) >= 11 is 0. The third-order valence-electron chi connectivity index (χ3n) is 4.51. The lowest BCUT2D eigenvalue weighted by Crippen LogP contribution is -2.29. The first kappa shape index (κ1) is 14.5. The molecule has 1 aromatic rings. The highest BCUT2D eigenvalue weighted by Gasteiger charge is 2.22. The minimum Gasteiger partial charge on any atom is -0.326 e. The number of rotatable bonds is 4. The Bertz CT molecular complexity index is 459. The second kappa shape index (κ2) is 7.05. The van der Waals surface area contributed by atoms with Gasteiger partial charge in [-0.1, -0.05) is 18.6 Å². The number of amides is 1. The summed E-state index contributed by atoms with van der Waals surface area (Å²) in [7, 11) is 0. The van der Waals surface area contributed by atoms with Crippen LogP contribution in [-0.4, -0.2) is 37.0 Å². The van der Waals surface area contributed by atoms with Gasteiger partial charge in [0.05, 0.1) is 5.92 Å². The molecule has 4 nitrogen and oxygen atoms in total. The van der Waals surface area contributed by atoms with Gasteiger partial charge in [0.15, 0.2) is 0 Å². The predicted molar refractivity (Wildman–Crippen MR) is 85.2 cm³/mol. The van der Waals surface area contributed by atoms with Gasteiger partial charge in [0.1, 0.15) is 0 Å². The first-order valence-corrected chi connectivity index (χ1v) is 8.14. The van der Waals surface area contributed by atoms with Crippen molar-refractivity contribution in [2.24, 2.45) is 5.92 Å². The van der Waals surface area contributed by atoms with Crippen LogP contribution in [0.3, 0.4) is 0 Å². The summed E-state index contributed by atoms with van der Waals surface area (Å²) in [6.45, 7) is 5.22. The Morgan fingerprint density at radius 3 is 2.62 bits per heavy atom. The van der Waals surface area contributed by atoms with Crippen molar-refractivity contribution in [2.45, 2.75) is 32.2 Å². The fourth-order valence-electron chi connectivity index (χ4n) is 3.19. The molecule has 2 fully saturated rings. The number of carbonyl (C=O) groups is 1. The van der Waals surface area contributed by atoms with Crippen LogP contribution in [0.25, 0.3) is 0 Å². The molecule has 2 saturated heterocycles. The zero-order chi connectivity index (χ0) is 14.5. The van der Waals surface area contributed by atoms with Crippen LogP contribution >= 0.6 is 0 Å². The number of piperidine rings is 1. The third-order valence-corrected chi connectivity index (χ3v) is 4.51. The molecule has 0 radical (unpaired) electrons. The largest absolute Gasteiger partial charge is 0.326 e. The number of likely N-dealkylation sites (tertiary alicyclic amines) is 1. The van der Waals surface area contributed by atoms with Crippen molar-refractivity contribution in [2.75, 3.05) is 31.5 Å². The molecule has 3 rings (SSSR count).